The van der Waals surface area contributed by atoms with Crippen molar-refractivity contribution < 1.29 is 0 Å². The van der Waals surface area contributed by atoms with E-state index in [1.165, 1.54) is 55.9 Å². The van der Waals surface area contributed by atoms with Crippen molar-refractivity contribution in [2.45, 2.75) is 20.8 Å². The molecule has 2 heteroatoms. The zero-order chi connectivity index (χ0) is 35.9. The van der Waals surface area contributed by atoms with Gasteiger partial charge in [0, 0.05) is 35.5 Å². The quantitative estimate of drug-likeness (QED) is 0.133. The molecule has 0 aromatic heterocycles. The summed E-state index contributed by atoms with van der Waals surface area (Å²) in [5.41, 5.74) is 16.6. The second-order valence-corrected chi connectivity index (χ2v) is 13.5. The molecule has 0 aliphatic heterocycles. The Labute approximate surface area is 309 Å². The highest BCUT2D eigenvalue weighted by Gasteiger charge is 2.12. The Morgan fingerprint density at radius 2 is 0.519 bits per heavy atom. The predicted octanol–water partition coefficient (Wildman–Crippen LogP) is 13.9. The monoisotopic (exact) mass is 672 g/mol. The van der Waals surface area contributed by atoms with Gasteiger partial charge in [-0.1, -0.05) is 150 Å². The molecule has 2 nitrogen and oxygen atoms in total. The number of anilines is 5. The maximum Gasteiger partial charge on any atom is 0.0462 e. The third-order valence-electron chi connectivity index (χ3n) is 9.53. The highest BCUT2D eigenvalue weighted by molar-refractivity contribution is 5.79. The van der Waals surface area contributed by atoms with Crippen molar-refractivity contribution >= 4 is 52.7 Å². The Balaban J connectivity index is 0.974. The second kappa shape index (κ2) is 15.7. The smallest absolute Gasteiger partial charge is 0.0462 e. The van der Waals surface area contributed by atoms with Gasteiger partial charge in [-0.15, -0.1) is 0 Å². The molecular weight excluding hydrogens is 629 g/mol. The molecule has 7 aromatic rings. The zero-order valence-electron chi connectivity index (χ0n) is 30.4. The molecule has 0 aliphatic rings. The summed E-state index contributed by atoms with van der Waals surface area (Å²) in [5, 5.41) is 0. The van der Waals surface area contributed by atoms with Crippen LogP contribution in [0.15, 0.2) is 170 Å². The molecule has 52 heavy (non-hydrogen) atoms. The van der Waals surface area contributed by atoms with Crippen LogP contribution < -0.4 is 9.80 Å². The fraction of sp³-hybridized carbons (Fsp3) is 0.0800. The molecule has 7 rings (SSSR count). The number of nitrogens with zero attached hydrogens (tertiary/aromatic N) is 2. The van der Waals surface area contributed by atoms with E-state index in [0.29, 0.717) is 0 Å². The molecule has 7 aromatic carbocycles. The molecule has 0 saturated carbocycles. The molecule has 0 amide bonds. The predicted molar refractivity (Wildman–Crippen MR) is 226 cm³/mol. The van der Waals surface area contributed by atoms with Crippen LogP contribution in [0, 0.1) is 20.8 Å². The lowest BCUT2D eigenvalue weighted by Crippen LogP contribution is -2.09. The number of rotatable bonds is 10. The summed E-state index contributed by atoms with van der Waals surface area (Å²) >= 11 is 0. The van der Waals surface area contributed by atoms with Gasteiger partial charge in [-0.3, -0.25) is 0 Å². The van der Waals surface area contributed by atoms with Crippen LogP contribution in [-0.4, -0.2) is 7.05 Å². The minimum Gasteiger partial charge on any atom is -0.345 e. The first kappa shape index (κ1) is 34.1. The Morgan fingerprint density at radius 1 is 0.288 bits per heavy atom. The van der Waals surface area contributed by atoms with Crippen LogP contribution in [0.1, 0.15) is 38.9 Å². The first-order chi connectivity index (χ1) is 25.4. The fourth-order valence-electron chi connectivity index (χ4n) is 6.25. The summed E-state index contributed by atoms with van der Waals surface area (Å²) in [6, 6.07) is 61.0. The molecule has 0 fully saturated rings. The highest BCUT2D eigenvalue weighted by Crippen LogP contribution is 2.35. The van der Waals surface area contributed by atoms with Gasteiger partial charge in [0.2, 0.25) is 0 Å². The van der Waals surface area contributed by atoms with E-state index in [1.807, 2.05) is 0 Å². The Kier molecular flexibility index (Phi) is 10.3. The summed E-state index contributed by atoms with van der Waals surface area (Å²) in [6.07, 6.45) is 8.70. The van der Waals surface area contributed by atoms with Gasteiger partial charge >= 0.3 is 0 Å². The van der Waals surface area contributed by atoms with Crippen LogP contribution in [0.25, 0.3) is 35.4 Å². The summed E-state index contributed by atoms with van der Waals surface area (Å²) in [7, 11) is 2.11. The summed E-state index contributed by atoms with van der Waals surface area (Å²) in [4.78, 5) is 4.51. The van der Waals surface area contributed by atoms with Crippen molar-refractivity contribution in [1.82, 2.24) is 0 Å². The lowest BCUT2D eigenvalue weighted by atomic mass is 10.0. The number of hydrogen-bond acceptors (Lipinski definition) is 2. The van der Waals surface area contributed by atoms with E-state index >= 15 is 0 Å². The molecule has 0 bridgehead atoms. The SMILES string of the molecule is Cc1ccc(N(C)c2ccc(/C=C/c3ccc(-c4ccc(/C=C/c5ccc(N(c6ccc(C)cc6)c6ccc(C)cc6)cc5)cc4)cc3)cc2)cc1. The minimum atomic E-state index is 1.13. The zero-order valence-corrected chi connectivity index (χ0v) is 30.4. The molecule has 254 valence electrons. The van der Waals surface area contributed by atoms with Gasteiger partial charge in [0.15, 0.2) is 0 Å². The fourth-order valence-corrected chi connectivity index (χ4v) is 6.25. The maximum atomic E-state index is 2.30. The van der Waals surface area contributed by atoms with Crippen molar-refractivity contribution in [2.24, 2.45) is 0 Å². The van der Waals surface area contributed by atoms with E-state index in [0.717, 1.165) is 22.6 Å². The maximum absolute atomic E-state index is 2.30. The first-order valence-corrected chi connectivity index (χ1v) is 17.9. The molecule has 0 radical (unpaired) electrons. The van der Waals surface area contributed by atoms with Crippen LogP contribution in [0.2, 0.25) is 0 Å². The van der Waals surface area contributed by atoms with Crippen molar-refractivity contribution in [3.63, 3.8) is 0 Å². The van der Waals surface area contributed by atoms with Crippen LogP contribution in [0.3, 0.4) is 0 Å². The van der Waals surface area contributed by atoms with E-state index in [2.05, 4.69) is 232 Å². The van der Waals surface area contributed by atoms with Crippen LogP contribution >= 0.6 is 0 Å². The molecule has 0 aliphatic carbocycles. The van der Waals surface area contributed by atoms with Gasteiger partial charge in [-0.05, 0) is 115 Å². The highest BCUT2D eigenvalue weighted by atomic mass is 15.1. The number of hydrogen-bond donors (Lipinski definition) is 0. The van der Waals surface area contributed by atoms with E-state index in [1.54, 1.807) is 0 Å². The number of aryl methyl sites for hydroxylation is 3. The summed E-state index contributed by atoms with van der Waals surface area (Å²) < 4.78 is 0. The van der Waals surface area contributed by atoms with E-state index in [9.17, 15) is 0 Å². The van der Waals surface area contributed by atoms with Gasteiger partial charge in [0.05, 0.1) is 0 Å². The lowest BCUT2D eigenvalue weighted by Gasteiger charge is -2.25. The van der Waals surface area contributed by atoms with Crippen molar-refractivity contribution in [2.75, 3.05) is 16.8 Å². The molecule has 0 heterocycles. The van der Waals surface area contributed by atoms with Gasteiger partial charge in [0.1, 0.15) is 0 Å². The summed E-state index contributed by atoms with van der Waals surface area (Å²) in [5.74, 6) is 0. The minimum absolute atomic E-state index is 1.13. The van der Waals surface area contributed by atoms with Gasteiger partial charge in [0.25, 0.3) is 0 Å². The Hall–Kier alpha value is -6.38. The average Bonchev–Trinajstić information content (AvgIpc) is 3.19. The van der Waals surface area contributed by atoms with Gasteiger partial charge in [-0.25, -0.2) is 0 Å². The molecule has 0 saturated heterocycles. The van der Waals surface area contributed by atoms with E-state index in [4.69, 9.17) is 0 Å². The molecule has 0 spiro atoms. The average molecular weight is 673 g/mol. The van der Waals surface area contributed by atoms with Crippen molar-refractivity contribution in [1.29, 1.82) is 0 Å². The van der Waals surface area contributed by atoms with Crippen molar-refractivity contribution in [3.05, 3.63) is 209 Å². The Bertz CT molecular complexity index is 2210. The molecule has 0 unspecified atom stereocenters. The Morgan fingerprint density at radius 3 is 0.827 bits per heavy atom. The van der Waals surface area contributed by atoms with Crippen LogP contribution in [0.4, 0.5) is 28.4 Å². The third-order valence-corrected chi connectivity index (χ3v) is 9.53. The molecule has 0 N–H and O–H groups in total. The standard InChI is InChI=1S/C50H44N2/c1-37-5-27-46(28-6-37)51(4)47-33-19-42(20-34-47)13-11-40-15-23-44(24-16-40)45-25-17-41(18-26-45)12-14-43-21-35-50(36-22-43)52(48-29-7-38(2)8-30-48)49-31-9-39(3)10-32-49/h5-36H,1-4H3/b13-11+,14-12+. The first-order valence-electron chi connectivity index (χ1n) is 17.9. The van der Waals surface area contributed by atoms with Crippen molar-refractivity contribution in [3.8, 4) is 11.1 Å². The van der Waals surface area contributed by atoms with E-state index in [-0.39, 0.29) is 0 Å². The molecule has 0 atom stereocenters. The summed E-state index contributed by atoms with van der Waals surface area (Å²) in [6.45, 7) is 6.36. The van der Waals surface area contributed by atoms with Gasteiger partial charge < -0.3 is 9.80 Å². The topological polar surface area (TPSA) is 6.48 Å². The van der Waals surface area contributed by atoms with Crippen LogP contribution in [0.5, 0.6) is 0 Å². The lowest BCUT2D eigenvalue weighted by molar-refractivity contribution is 1.20. The van der Waals surface area contributed by atoms with Crippen LogP contribution in [-0.2, 0) is 0 Å². The largest absolute Gasteiger partial charge is 0.345 e. The third kappa shape index (κ3) is 8.31. The van der Waals surface area contributed by atoms with Gasteiger partial charge in [-0.2, -0.15) is 0 Å². The number of benzene rings is 7. The second-order valence-electron chi connectivity index (χ2n) is 13.5. The normalized spacial score (nSPS) is 11.3. The molecular formula is C50H44N2. The van der Waals surface area contributed by atoms with E-state index < -0.39 is 0 Å².